The second-order valence-electron chi connectivity index (χ2n) is 8.06. The van der Waals surface area contributed by atoms with Gasteiger partial charge in [0.05, 0.1) is 7.11 Å². The van der Waals surface area contributed by atoms with Crippen molar-refractivity contribution in [2.45, 2.75) is 32.5 Å². The molecule has 1 aromatic heterocycles. The number of carbonyl (C=O) groups is 1. The molecule has 0 radical (unpaired) electrons. The molecule has 1 heterocycles. The van der Waals surface area contributed by atoms with Crippen LogP contribution in [-0.2, 0) is 24.4 Å². The maximum Gasteiger partial charge on any atom is 0.321 e. The number of methoxy groups -OCH3 is 1. The van der Waals surface area contributed by atoms with E-state index in [1.165, 1.54) is 5.56 Å². The number of aromatic nitrogens is 1. The van der Waals surface area contributed by atoms with Gasteiger partial charge in [-0.05, 0) is 30.2 Å². The molecule has 3 N–H and O–H groups in total. The largest absolute Gasteiger partial charge is 0.493 e. The number of hydrogen-bond acceptors (Lipinski definition) is 4. The summed E-state index contributed by atoms with van der Waals surface area (Å²) in [4.78, 5) is 15.2. The highest BCUT2D eigenvalue weighted by Gasteiger charge is 2.21. The van der Waals surface area contributed by atoms with Gasteiger partial charge in [0, 0.05) is 35.6 Å². The Morgan fingerprint density at radius 2 is 1.88 bits per heavy atom. The van der Waals surface area contributed by atoms with Crippen LogP contribution in [0.4, 0.5) is 0 Å². The van der Waals surface area contributed by atoms with Crippen LogP contribution in [0.3, 0.4) is 0 Å². The smallest absolute Gasteiger partial charge is 0.321 e. The molecular weight excluding hydrogens is 416 g/mol. The number of nitrogens with one attached hydrogen (secondary N) is 2. The van der Waals surface area contributed by atoms with Gasteiger partial charge < -0.3 is 19.6 Å². The second-order valence-corrected chi connectivity index (χ2v) is 8.06. The number of hydrogen-bond donors (Lipinski definition) is 3. The first-order valence-corrected chi connectivity index (χ1v) is 10.9. The molecule has 0 aliphatic carbocycles. The van der Waals surface area contributed by atoms with E-state index < -0.39 is 12.0 Å². The molecule has 0 aliphatic rings. The molecule has 0 aliphatic heterocycles. The molecule has 33 heavy (non-hydrogen) atoms. The van der Waals surface area contributed by atoms with Crippen LogP contribution in [-0.4, -0.2) is 29.2 Å². The van der Waals surface area contributed by atoms with E-state index in [2.05, 4.69) is 16.4 Å². The Kier molecular flexibility index (Phi) is 6.95. The number of fused-ring (bicyclic) bond motifs is 1. The fraction of sp³-hybridized carbons (Fsp3) is 0.222. The maximum atomic E-state index is 12.0. The normalized spacial score (nSPS) is 11.9. The lowest BCUT2D eigenvalue weighted by Gasteiger charge is -2.18. The lowest BCUT2D eigenvalue weighted by molar-refractivity contribution is -0.139. The quantitative estimate of drug-likeness (QED) is 0.326. The molecule has 0 fully saturated rings. The molecule has 0 saturated heterocycles. The van der Waals surface area contributed by atoms with Crippen LogP contribution in [0.15, 0.2) is 72.9 Å². The summed E-state index contributed by atoms with van der Waals surface area (Å²) in [5.74, 6) is 0.334. The Labute approximate surface area is 193 Å². The fourth-order valence-corrected chi connectivity index (χ4v) is 3.98. The number of benzene rings is 3. The summed E-state index contributed by atoms with van der Waals surface area (Å²) < 4.78 is 11.7. The van der Waals surface area contributed by atoms with Gasteiger partial charge in [-0.1, -0.05) is 60.2 Å². The standard InChI is InChI=1S/C27H28N2O4/c1-18-7-5-8-19(13-18)17-33-26-20(9-6-12-25(26)32-2)15-29-24(27(30)31)14-21-16-28-23-11-4-3-10-22(21)23/h3-13,16,24,28-29H,14-15,17H2,1-2H3,(H,30,31)/t24-/m1/s1. The number of aryl methyl sites for hydroxylation is 1. The number of carboxylic acids is 1. The average molecular weight is 445 g/mol. The van der Waals surface area contributed by atoms with Gasteiger partial charge in [0.2, 0.25) is 0 Å². The van der Waals surface area contributed by atoms with E-state index in [1.54, 1.807) is 7.11 Å². The van der Waals surface area contributed by atoms with Gasteiger partial charge in [-0.15, -0.1) is 0 Å². The molecule has 0 saturated carbocycles. The Morgan fingerprint density at radius 3 is 2.67 bits per heavy atom. The van der Waals surface area contributed by atoms with Gasteiger partial charge in [0.1, 0.15) is 12.6 Å². The number of carboxylic acid groups (broad SMARTS) is 1. The average Bonchev–Trinajstić information content (AvgIpc) is 3.23. The third-order valence-corrected chi connectivity index (χ3v) is 5.68. The zero-order chi connectivity index (χ0) is 23.2. The van der Waals surface area contributed by atoms with E-state index in [0.29, 0.717) is 31.1 Å². The van der Waals surface area contributed by atoms with Crippen LogP contribution in [0.2, 0.25) is 0 Å². The van der Waals surface area contributed by atoms with Gasteiger partial charge in [0.15, 0.2) is 11.5 Å². The molecule has 6 nitrogen and oxygen atoms in total. The monoisotopic (exact) mass is 444 g/mol. The van der Waals surface area contributed by atoms with E-state index in [0.717, 1.165) is 27.6 Å². The van der Waals surface area contributed by atoms with E-state index in [9.17, 15) is 9.90 Å². The Balaban J connectivity index is 1.50. The van der Waals surface area contributed by atoms with Crippen LogP contribution < -0.4 is 14.8 Å². The summed E-state index contributed by atoms with van der Waals surface area (Å²) in [6, 6.07) is 20.9. The topological polar surface area (TPSA) is 83.6 Å². The van der Waals surface area contributed by atoms with Gasteiger partial charge in [0.25, 0.3) is 0 Å². The van der Waals surface area contributed by atoms with Gasteiger partial charge >= 0.3 is 5.97 Å². The maximum absolute atomic E-state index is 12.0. The number of para-hydroxylation sites is 2. The Hall–Kier alpha value is -3.77. The van der Waals surface area contributed by atoms with E-state index in [1.807, 2.05) is 73.8 Å². The van der Waals surface area contributed by atoms with Crippen molar-refractivity contribution >= 4 is 16.9 Å². The predicted molar refractivity (Wildman–Crippen MR) is 129 cm³/mol. The number of aromatic amines is 1. The van der Waals surface area contributed by atoms with Crippen molar-refractivity contribution in [3.8, 4) is 11.5 Å². The molecule has 1 atom stereocenters. The van der Waals surface area contributed by atoms with Crippen molar-refractivity contribution < 1.29 is 19.4 Å². The number of aliphatic carboxylic acids is 1. The first kappa shape index (κ1) is 22.4. The molecule has 4 rings (SSSR count). The lowest BCUT2D eigenvalue weighted by Crippen LogP contribution is -2.38. The molecule has 170 valence electrons. The van der Waals surface area contributed by atoms with Crippen molar-refractivity contribution in [3.05, 3.63) is 95.2 Å². The lowest BCUT2D eigenvalue weighted by atomic mass is 10.0. The SMILES string of the molecule is COc1cccc(CN[C@H](Cc2c[nH]c3ccccc23)C(=O)O)c1OCc1cccc(C)c1. The van der Waals surface area contributed by atoms with Gasteiger partial charge in [-0.3, -0.25) is 10.1 Å². The molecule has 4 aromatic rings. The van der Waals surface area contributed by atoms with Crippen molar-refractivity contribution in [3.63, 3.8) is 0 Å². The van der Waals surface area contributed by atoms with Crippen molar-refractivity contribution in [1.82, 2.24) is 10.3 Å². The predicted octanol–water partition coefficient (Wildman–Crippen LogP) is 4.85. The van der Waals surface area contributed by atoms with E-state index in [-0.39, 0.29) is 0 Å². The summed E-state index contributed by atoms with van der Waals surface area (Å²) in [7, 11) is 1.60. The zero-order valence-corrected chi connectivity index (χ0v) is 18.8. The van der Waals surface area contributed by atoms with Crippen LogP contribution in [0.5, 0.6) is 11.5 Å². The highest BCUT2D eigenvalue weighted by Crippen LogP contribution is 2.32. The van der Waals surface area contributed by atoms with Gasteiger partial charge in [-0.25, -0.2) is 0 Å². The summed E-state index contributed by atoms with van der Waals surface area (Å²) >= 11 is 0. The highest BCUT2D eigenvalue weighted by atomic mass is 16.5. The van der Waals surface area contributed by atoms with E-state index in [4.69, 9.17) is 9.47 Å². The summed E-state index contributed by atoms with van der Waals surface area (Å²) in [5.41, 5.74) is 5.03. The minimum atomic E-state index is -0.898. The highest BCUT2D eigenvalue weighted by molar-refractivity contribution is 5.84. The Morgan fingerprint density at radius 1 is 1.06 bits per heavy atom. The molecule has 0 bridgehead atoms. The first-order chi connectivity index (χ1) is 16.0. The molecule has 3 aromatic carbocycles. The third-order valence-electron chi connectivity index (χ3n) is 5.68. The Bertz CT molecular complexity index is 1250. The van der Waals surface area contributed by atoms with Crippen molar-refractivity contribution in [1.29, 1.82) is 0 Å². The van der Waals surface area contributed by atoms with Crippen LogP contribution >= 0.6 is 0 Å². The van der Waals surface area contributed by atoms with Gasteiger partial charge in [-0.2, -0.15) is 0 Å². The second kappa shape index (κ2) is 10.2. The van der Waals surface area contributed by atoms with Crippen LogP contribution in [0.25, 0.3) is 10.9 Å². The van der Waals surface area contributed by atoms with E-state index >= 15 is 0 Å². The summed E-state index contributed by atoms with van der Waals surface area (Å²) in [6.45, 7) is 2.77. The molecule has 0 unspecified atom stereocenters. The molecule has 0 spiro atoms. The van der Waals surface area contributed by atoms with Crippen molar-refractivity contribution in [2.75, 3.05) is 7.11 Å². The third kappa shape index (κ3) is 5.35. The van der Waals surface area contributed by atoms with Crippen LogP contribution in [0.1, 0.15) is 22.3 Å². The van der Waals surface area contributed by atoms with Crippen LogP contribution in [0, 0.1) is 6.92 Å². The zero-order valence-electron chi connectivity index (χ0n) is 18.8. The first-order valence-electron chi connectivity index (χ1n) is 10.9. The fourth-order valence-electron chi connectivity index (χ4n) is 3.98. The molecular formula is C27H28N2O4. The number of rotatable bonds is 10. The minimum absolute atomic E-state index is 0.333. The molecule has 6 heteroatoms. The summed E-state index contributed by atoms with van der Waals surface area (Å²) in [5, 5.41) is 14.1. The number of H-pyrrole nitrogens is 1. The number of ether oxygens (including phenoxy) is 2. The molecule has 0 amide bonds. The minimum Gasteiger partial charge on any atom is -0.493 e. The summed E-state index contributed by atoms with van der Waals surface area (Å²) in [6.07, 6.45) is 2.24. The van der Waals surface area contributed by atoms with Crippen molar-refractivity contribution in [2.24, 2.45) is 0 Å².